The number of nitrogens with one attached hydrogen (secondary N) is 1. The van der Waals surface area contributed by atoms with Crippen LogP contribution in [0.4, 0.5) is 0 Å². The van der Waals surface area contributed by atoms with Gasteiger partial charge in [-0.3, -0.25) is 4.79 Å². The Bertz CT molecular complexity index is 1050. The molecular weight excluding hydrogens is 444 g/mol. The highest BCUT2D eigenvalue weighted by atomic mass is 35.5. The molecule has 5 nitrogen and oxygen atoms in total. The van der Waals surface area contributed by atoms with Crippen LogP contribution < -0.4 is 14.9 Å². The summed E-state index contributed by atoms with van der Waals surface area (Å²) in [5.74, 6) is 1.87. The van der Waals surface area contributed by atoms with Crippen LogP contribution >= 0.6 is 23.4 Å². The largest absolute Gasteiger partial charge is 0.490 e. The van der Waals surface area contributed by atoms with Crippen LogP contribution in [0.1, 0.15) is 35.3 Å². The first-order valence-corrected chi connectivity index (χ1v) is 11.7. The number of amides is 1. The molecule has 0 bridgehead atoms. The number of hydrogen-bond donors (Lipinski definition) is 1. The molecule has 32 heavy (non-hydrogen) atoms. The SMILES string of the molecule is CCOc1ccc(/C=N\NC(=O)c2ccc(CSc3ccc(Cl)cc3)cc2)cc1OCC. The zero-order valence-corrected chi connectivity index (χ0v) is 19.6. The number of carbonyl (C=O) groups excluding carboxylic acids is 1. The second-order valence-corrected chi connectivity index (χ2v) is 8.20. The molecule has 3 aromatic carbocycles. The third-order valence-corrected chi connectivity index (χ3v) is 5.72. The van der Waals surface area contributed by atoms with Crippen molar-refractivity contribution in [2.75, 3.05) is 13.2 Å². The van der Waals surface area contributed by atoms with Crippen molar-refractivity contribution < 1.29 is 14.3 Å². The Morgan fingerprint density at radius 1 is 0.969 bits per heavy atom. The van der Waals surface area contributed by atoms with Crippen molar-refractivity contribution in [3.05, 3.63) is 88.4 Å². The lowest BCUT2D eigenvalue weighted by Gasteiger charge is -2.11. The molecule has 0 aromatic heterocycles. The molecule has 166 valence electrons. The number of nitrogens with zero attached hydrogens (tertiary/aromatic N) is 1. The molecule has 3 aromatic rings. The number of carbonyl (C=O) groups is 1. The summed E-state index contributed by atoms with van der Waals surface area (Å²) < 4.78 is 11.2. The molecule has 0 aliphatic carbocycles. The van der Waals surface area contributed by atoms with E-state index in [0.717, 1.165) is 26.8 Å². The second-order valence-electron chi connectivity index (χ2n) is 6.71. The van der Waals surface area contributed by atoms with E-state index < -0.39 is 0 Å². The maximum Gasteiger partial charge on any atom is 0.271 e. The van der Waals surface area contributed by atoms with Crippen LogP contribution in [0.15, 0.2) is 76.7 Å². The van der Waals surface area contributed by atoms with Crippen molar-refractivity contribution in [1.82, 2.24) is 5.43 Å². The maximum absolute atomic E-state index is 12.4. The lowest BCUT2D eigenvalue weighted by atomic mass is 10.1. The summed E-state index contributed by atoms with van der Waals surface area (Å²) in [5, 5.41) is 4.79. The van der Waals surface area contributed by atoms with E-state index in [2.05, 4.69) is 10.5 Å². The van der Waals surface area contributed by atoms with Gasteiger partial charge in [-0.05, 0) is 79.6 Å². The first-order chi connectivity index (χ1) is 15.6. The smallest absolute Gasteiger partial charge is 0.271 e. The number of hydrazone groups is 1. The molecular formula is C25H25ClN2O3S. The van der Waals surface area contributed by atoms with Crippen LogP contribution in [0.3, 0.4) is 0 Å². The summed E-state index contributed by atoms with van der Waals surface area (Å²) in [6.45, 7) is 4.93. The number of rotatable bonds is 10. The minimum Gasteiger partial charge on any atom is -0.490 e. The first-order valence-electron chi connectivity index (χ1n) is 10.3. The van der Waals surface area contributed by atoms with Gasteiger partial charge in [-0.15, -0.1) is 11.8 Å². The van der Waals surface area contributed by atoms with E-state index >= 15 is 0 Å². The Kier molecular flexibility index (Phi) is 9.01. The van der Waals surface area contributed by atoms with Gasteiger partial charge >= 0.3 is 0 Å². The Labute approximate surface area is 197 Å². The molecule has 0 spiro atoms. The average molecular weight is 469 g/mol. The Balaban J connectivity index is 1.54. The standard InChI is InChI=1S/C25H25ClN2O3S/c1-3-30-23-14-7-19(15-24(23)31-4-2)16-27-28-25(29)20-8-5-18(6-9-20)17-32-22-12-10-21(26)11-13-22/h5-16H,3-4,17H2,1-2H3,(H,28,29)/b27-16-. The fraction of sp³-hybridized carbons (Fsp3) is 0.200. The lowest BCUT2D eigenvalue weighted by Crippen LogP contribution is -2.17. The highest BCUT2D eigenvalue weighted by Crippen LogP contribution is 2.28. The summed E-state index contributed by atoms with van der Waals surface area (Å²) in [6.07, 6.45) is 1.58. The number of ether oxygens (including phenoxy) is 2. The van der Waals surface area contributed by atoms with E-state index in [1.165, 1.54) is 0 Å². The van der Waals surface area contributed by atoms with Crippen molar-refractivity contribution in [1.29, 1.82) is 0 Å². The number of benzene rings is 3. The molecule has 0 saturated carbocycles. The van der Waals surface area contributed by atoms with Gasteiger partial charge < -0.3 is 9.47 Å². The van der Waals surface area contributed by atoms with Crippen LogP contribution in [0.2, 0.25) is 5.02 Å². The van der Waals surface area contributed by atoms with E-state index in [0.29, 0.717) is 30.3 Å². The third-order valence-electron chi connectivity index (χ3n) is 4.38. The monoisotopic (exact) mass is 468 g/mol. The second kappa shape index (κ2) is 12.2. The van der Waals surface area contributed by atoms with Crippen LogP contribution in [-0.2, 0) is 5.75 Å². The number of halogens is 1. The van der Waals surface area contributed by atoms with Crippen LogP contribution in [-0.4, -0.2) is 25.3 Å². The molecule has 0 heterocycles. The van der Waals surface area contributed by atoms with Crippen molar-refractivity contribution >= 4 is 35.5 Å². The highest BCUT2D eigenvalue weighted by Gasteiger charge is 2.07. The molecule has 0 aliphatic heterocycles. The molecule has 0 aliphatic rings. The van der Waals surface area contributed by atoms with Crippen molar-refractivity contribution in [3.8, 4) is 11.5 Å². The van der Waals surface area contributed by atoms with Gasteiger partial charge in [0, 0.05) is 21.2 Å². The van der Waals surface area contributed by atoms with Crippen molar-refractivity contribution in [2.45, 2.75) is 24.5 Å². The zero-order valence-electron chi connectivity index (χ0n) is 18.0. The van der Waals surface area contributed by atoms with Gasteiger partial charge in [-0.25, -0.2) is 5.43 Å². The summed E-state index contributed by atoms with van der Waals surface area (Å²) in [5.41, 5.74) is 5.03. The van der Waals surface area contributed by atoms with Gasteiger partial charge in [-0.2, -0.15) is 5.10 Å². The molecule has 1 amide bonds. The summed E-state index contributed by atoms with van der Waals surface area (Å²) in [7, 11) is 0. The summed E-state index contributed by atoms with van der Waals surface area (Å²) in [4.78, 5) is 13.5. The molecule has 0 saturated heterocycles. The predicted molar refractivity (Wildman–Crippen MR) is 131 cm³/mol. The molecule has 3 rings (SSSR count). The molecule has 0 fully saturated rings. The number of thioether (sulfide) groups is 1. The number of hydrogen-bond acceptors (Lipinski definition) is 5. The van der Waals surface area contributed by atoms with E-state index in [1.54, 1.807) is 30.1 Å². The van der Waals surface area contributed by atoms with Crippen LogP contribution in [0.25, 0.3) is 0 Å². The normalized spacial score (nSPS) is 10.8. The van der Waals surface area contributed by atoms with Crippen molar-refractivity contribution in [2.24, 2.45) is 5.10 Å². The van der Waals surface area contributed by atoms with Gasteiger partial charge in [0.25, 0.3) is 5.91 Å². The zero-order chi connectivity index (χ0) is 22.8. The molecule has 0 atom stereocenters. The Morgan fingerprint density at radius 2 is 1.66 bits per heavy atom. The van der Waals surface area contributed by atoms with E-state index in [-0.39, 0.29) is 5.91 Å². The van der Waals surface area contributed by atoms with Crippen LogP contribution in [0, 0.1) is 0 Å². The van der Waals surface area contributed by atoms with Crippen molar-refractivity contribution in [3.63, 3.8) is 0 Å². The highest BCUT2D eigenvalue weighted by molar-refractivity contribution is 7.98. The Hall–Kier alpha value is -2.96. The van der Waals surface area contributed by atoms with Crippen LogP contribution in [0.5, 0.6) is 11.5 Å². The third kappa shape index (κ3) is 7.04. The predicted octanol–water partition coefficient (Wildman–Crippen LogP) is 6.19. The van der Waals surface area contributed by atoms with Gasteiger partial charge in [-0.1, -0.05) is 23.7 Å². The minimum atomic E-state index is -0.269. The van der Waals surface area contributed by atoms with Gasteiger partial charge in [0.15, 0.2) is 11.5 Å². The van der Waals surface area contributed by atoms with E-state index in [1.807, 2.05) is 68.4 Å². The lowest BCUT2D eigenvalue weighted by molar-refractivity contribution is 0.0955. The fourth-order valence-electron chi connectivity index (χ4n) is 2.83. The molecule has 7 heteroatoms. The fourth-order valence-corrected chi connectivity index (χ4v) is 3.81. The molecule has 0 radical (unpaired) electrons. The molecule has 1 N–H and O–H groups in total. The quantitative estimate of drug-likeness (QED) is 0.219. The first kappa shape index (κ1) is 23.7. The Morgan fingerprint density at radius 3 is 2.34 bits per heavy atom. The van der Waals surface area contributed by atoms with Gasteiger partial charge in [0.2, 0.25) is 0 Å². The van der Waals surface area contributed by atoms with E-state index in [9.17, 15) is 4.79 Å². The minimum absolute atomic E-state index is 0.269. The van der Waals surface area contributed by atoms with Gasteiger partial charge in [0.05, 0.1) is 19.4 Å². The summed E-state index contributed by atoms with van der Waals surface area (Å²) >= 11 is 7.63. The maximum atomic E-state index is 12.4. The summed E-state index contributed by atoms with van der Waals surface area (Å²) in [6, 6.07) is 20.8. The topological polar surface area (TPSA) is 59.9 Å². The molecule has 0 unspecified atom stereocenters. The average Bonchev–Trinajstić information content (AvgIpc) is 2.81. The van der Waals surface area contributed by atoms with Gasteiger partial charge in [0.1, 0.15) is 0 Å². The van der Waals surface area contributed by atoms with E-state index in [4.69, 9.17) is 21.1 Å².